The van der Waals surface area contributed by atoms with Crippen molar-refractivity contribution in [2.45, 2.75) is 70.6 Å². The highest BCUT2D eigenvalue weighted by molar-refractivity contribution is 5.94. The van der Waals surface area contributed by atoms with Gasteiger partial charge in [-0.05, 0) is 64.4 Å². The fourth-order valence-electron chi connectivity index (χ4n) is 4.08. The van der Waals surface area contributed by atoms with E-state index in [1.54, 1.807) is 17.8 Å². The molecule has 4 heteroatoms. The number of carbonyl (C=O) groups excluding carboxylic acids is 1. The second-order valence-corrected chi connectivity index (χ2v) is 7.72. The van der Waals surface area contributed by atoms with Crippen LogP contribution in [0, 0.1) is 5.92 Å². The van der Waals surface area contributed by atoms with Crippen molar-refractivity contribution >= 4 is 5.91 Å². The number of fused-ring (bicyclic) bond motifs is 2. The molecule has 4 rings (SSSR count). The van der Waals surface area contributed by atoms with E-state index in [9.17, 15) is 4.79 Å². The quantitative estimate of drug-likeness (QED) is 0.786. The van der Waals surface area contributed by atoms with Crippen molar-refractivity contribution in [3.05, 3.63) is 35.5 Å². The average Bonchev–Trinajstić information content (AvgIpc) is 3.31. The summed E-state index contributed by atoms with van der Waals surface area (Å²) < 4.78 is 5.56. The van der Waals surface area contributed by atoms with Gasteiger partial charge in [-0.1, -0.05) is 11.6 Å². The minimum atomic E-state index is 0.0914. The number of hydrogen-bond acceptors (Lipinski definition) is 3. The van der Waals surface area contributed by atoms with Crippen LogP contribution in [0.5, 0.6) is 5.88 Å². The lowest BCUT2D eigenvalue weighted by atomic mass is 9.95. The molecule has 3 heterocycles. The first-order valence-corrected chi connectivity index (χ1v) is 9.25. The predicted molar refractivity (Wildman–Crippen MR) is 93.0 cm³/mol. The van der Waals surface area contributed by atoms with E-state index in [0.717, 1.165) is 31.6 Å². The molecule has 0 N–H and O–H groups in total. The van der Waals surface area contributed by atoms with Gasteiger partial charge < -0.3 is 9.64 Å². The lowest BCUT2D eigenvalue weighted by molar-refractivity contribution is 0.0634. The molecule has 1 aromatic rings. The lowest BCUT2D eigenvalue weighted by Gasteiger charge is -2.36. The maximum atomic E-state index is 13.0. The number of hydrogen-bond donors (Lipinski definition) is 0. The van der Waals surface area contributed by atoms with Crippen LogP contribution in [0.3, 0.4) is 0 Å². The molecular weight excluding hydrogens is 300 g/mol. The number of amides is 1. The molecule has 0 aromatic carbocycles. The molecule has 1 saturated carbocycles. The Balaban J connectivity index is 1.47. The highest BCUT2D eigenvalue weighted by Gasteiger charge is 2.41. The zero-order chi connectivity index (χ0) is 16.7. The van der Waals surface area contributed by atoms with Crippen LogP contribution >= 0.6 is 0 Å². The van der Waals surface area contributed by atoms with Crippen LogP contribution < -0.4 is 4.74 Å². The normalized spacial score (nSPS) is 26.0. The molecule has 4 nitrogen and oxygen atoms in total. The molecule has 3 fully saturated rings. The van der Waals surface area contributed by atoms with Gasteiger partial charge in [0.15, 0.2) is 0 Å². The summed E-state index contributed by atoms with van der Waals surface area (Å²) >= 11 is 0. The van der Waals surface area contributed by atoms with Crippen LogP contribution in [-0.4, -0.2) is 34.0 Å². The molecule has 3 aliphatic rings. The highest BCUT2D eigenvalue weighted by atomic mass is 16.5. The summed E-state index contributed by atoms with van der Waals surface area (Å²) in [4.78, 5) is 19.4. The van der Waals surface area contributed by atoms with Gasteiger partial charge in [0.2, 0.25) is 5.88 Å². The van der Waals surface area contributed by atoms with Crippen LogP contribution in [0.2, 0.25) is 0 Å². The molecule has 2 aliphatic heterocycles. The largest absolute Gasteiger partial charge is 0.475 e. The molecule has 2 unspecified atom stereocenters. The summed E-state index contributed by atoms with van der Waals surface area (Å²) in [6.07, 6.45) is 11.4. The zero-order valence-corrected chi connectivity index (χ0v) is 14.6. The maximum absolute atomic E-state index is 13.0. The van der Waals surface area contributed by atoms with Gasteiger partial charge in [-0.25, -0.2) is 4.98 Å². The monoisotopic (exact) mass is 326 g/mol. The Hall–Kier alpha value is -1.84. The second kappa shape index (κ2) is 6.23. The molecule has 2 atom stereocenters. The number of aromatic nitrogens is 1. The molecule has 24 heavy (non-hydrogen) atoms. The summed E-state index contributed by atoms with van der Waals surface area (Å²) in [7, 11) is 0. The van der Waals surface area contributed by atoms with E-state index < -0.39 is 0 Å². The van der Waals surface area contributed by atoms with Gasteiger partial charge in [-0.15, -0.1) is 0 Å². The van der Waals surface area contributed by atoms with E-state index in [1.807, 2.05) is 19.9 Å². The van der Waals surface area contributed by atoms with Crippen LogP contribution in [0.15, 0.2) is 30.0 Å². The van der Waals surface area contributed by atoms with Gasteiger partial charge in [-0.3, -0.25) is 4.79 Å². The van der Waals surface area contributed by atoms with Crippen molar-refractivity contribution < 1.29 is 9.53 Å². The number of allylic oxidation sites excluding steroid dienone is 1. The first-order chi connectivity index (χ1) is 11.6. The molecule has 1 aromatic heterocycles. The average molecular weight is 326 g/mol. The summed E-state index contributed by atoms with van der Waals surface area (Å²) in [6, 6.07) is 4.42. The number of nitrogens with zero attached hydrogens (tertiary/aromatic N) is 2. The Morgan fingerprint density at radius 1 is 1.21 bits per heavy atom. The van der Waals surface area contributed by atoms with Gasteiger partial charge in [0.25, 0.3) is 5.91 Å². The first kappa shape index (κ1) is 15.7. The molecular formula is C20H26N2O2. The van der Waals surface area contributed by atoms with Gasteiger partial charge in [0.05, 0.1) is 11.7 Å². The van der Waals surface area contributed by atoms with Crippen molar-refractivity contribution in [2.24, 2.45) is 5.92 Å². The molecule has 128 valence electrons. The predicted octanol–water partition coefficient (Wildman–Crippen LogP) is 3.97. The van der Waals surface area contributed by atoms with Crippen LogP contribution in [0.1, 0.15) is 62.7 Å². The van der Waals surface area contributed by atoms with Crippen LogP contribution in [0.25, 0.3) is 0 Å². The Morgan fingerprint density at radius 3 is 2.46 bits per heavy atom. The summed E-state index contributed by atoms with van der Waals surface area (Å²) in [5.41, 5.74) is 2.27. The molecule has 1 amide bonds. The third kappa shape index (κ3) is 3.19. The standard InChI is InChI=1S/C20H26N2O2/c1-13(2)24-19-8-5-16(12-21-19)20(23)22-17-6-7-18(22)11-15(10-17)9-14-3-4-14/h5,8-9,12-14,17-18H,3-4,6-7,10-11H2,1-2H3. The summed E-state index contributed by atoms with van der Waals surface area (Å²) in [6.45, 7) is 3.94. The maximum Gasteiger partial charge on any atom is 0.255 e. The van der Waals surface area contributed by atoms with E-state index >= 15 is 0 Å². The van der Waals surface area contributed by atoms with Gasteiger partial charge in [-0.2, -0.15) is 0 Å². The molecule has 0 radical (unpaired) electrons. The van der Waals surface area contributed by atoms with Crippen molar-refractivity contribution in [1.82, 2.24) is 9.88 Å². The van der Waals surface area contributed by atoms with E-state index in [1.165, 1.54) is 12.8 Å². The number of rotatable bonds is 4. The Bertz CT molecular complexity index is 630. The molecule has 0 spiro atoms. The van der Waals surface area contributed by atoms with E-state index in [-0.39, 0.29) is 12.0 Å². The number of pyridine rings is 1. The number of carbonyl (C=O) groups is 1. The van der Waals surface area contributed by atoms with Crippen LogP contribution in [0.4, 0.5) is 0 Å². The minimum Gasteiger partial charge on any atom is -0.475 e. The molecule has 2 saturated heterocycles. The van der Waals surface area contributed by atoms with Crippen molar-refractivity contribution in [3.63, 3.8) is 0 Å². The Morgan fingerprint density at radius 2 is 1.92 bits per heavy atom. The zero-order valence-electron chi connectivity index (χ0n) is 14.6. The van der Waals surface area contributed by atoms with Crippen molar-refractivity contribution in [1.29, 1.82) is 0 Å². The fourth-order valence-corrected chi connectivity index (χ4v) is 4.08. The molecule has 2 bridgehead atoms. The summed E-state index contributed by atoms with van der Waals surface area (Å²) in [5.74, 6) is 1.55. The highest BCUT2D eigenvalue weighted by Crippen LogP contribution is 2.42. The van der Waals surface area contributed by atoms with Gasteiger partial charge in [0.1, 0.15) is 0 Å². The third-order valence-corrected chi connectivity index (χ3v) is 5.28. The van der Waals surface area contributed by atoms with Crippen molar-refractivity contribution in [2.75, 3.05) is 0 Å². The SMILES string of the molecule is CC(C)Oc1ccc(C(=O)N2C3CCC2CC(=CC2CC2)C3)cn1. The van der Waals surface area contributed by atoms with Gasteiger partial charge in [0, 0.05) is 24.3 Å². The lowest BCUT2D eigenvalue weighted by Crippen LogP contribution is -2.44. The Labute approximate surface area is 143 Å². The Kier molecular flexibility index (Phi) is 4.07. The fraction of sp³-hybridized carbons (Fsp3) is 0.600. The molecule has 1 aliphatic carbocycles. The van der Waals surface area contributed by atoms with Crippen LogP contribution in [-0.2, 0) is 0 Å². The van der Waals surface area contributed by atoms with Crippen molar-refractivity contribution in [3.8, 4) is 5.88 Å². The summed E-state index contributed by atoms with van der Waals surface area (Å²) in [5, 5.41) is 0. The minimum absolute atomic E-state index is 0.0914. The smallest absolute Gasteiger partial charge is 0.255 e. The number of piperidine rings is 1. The topological polar surface area (TPSA) is 42.4 Å². The van der Waals surface area contributed by atoms with E-state index in [4.69, 9.17) is 4.74 Å². The number of ether oxygens (including phenoxy) is 1. The second-order valence-electron chi connectivity index (χ2n) is 7.72. The third-order valence-electron chi connectivity index (χ3n) is 5.28. The van der Waals surface area contributed by atoms with E-state index in [0.29, 0.717) is 23.5 Å². The first-order valence-electron chi connectivity index (χ1n) is 9.25. The van der Waals surface area contributed by atoms with E-state index in [2.05, 4.69) is 16.0 Å². The van der Waals surface area contributed by atoms with Gasteiger partial charge >= 0.3 is 0 Å².